The molecule has 0 fully saturated rings. The van der Waals surface area contributed by atoms with Gasteiger partial charge in [0.1, 0.15) is 0 Å². The number of hydrogen-bond donors (Lipinski definition) is 0. The topological polar surface area (TPSA) is 17.8 Å². The second kappa shape index (κ2) is 8.70. The Morgan fingerprint density at radius 2 is 1.72 bits per heavy atom. The van der Waals surface area contributed by atoms with Crippen LogP contribution >= 0.6 is 58.2 Å². The third kappa shape index (κ3) is 5.08. The Morgan fingerprint density at radius 3 is 2.44 bits per heavy atom. The van der Waals surface area contributed by atoms with Crippen LogP contribution in [-0.2, 0) is 6.42 Å². The summed E-state index contributed by atoms with van der Waals surface area (Å²) in [5, 5.41) is 2.67. The average Bonchev–Trinajstić information content (AvgIpc) is 3.10. The molecule has 1 atom stereocenters. The van der Waals surface area contributed by atoms with Crippen molar-refractivity contribution in [1.29, 1.82) is 0 Å². The van der Waals surface area contributed by atoms with Crippen molar-refractivity contribution < 1.29 is 0 Å². The molecule has 0 spiro atoms. The molecule has 0 N–H and O–H groups in total. The lowest BCUT2D eigenvalue weighted by Crippen LogP contribution is -2.13. The first kappa shape index (κ1) is 18.9. The third-order valence-corrected chi connectivity index (χ3v) is 6.21. The van der Waals surface area contributed by atoms with Crippen LogP contribution in [0.15, 0.2) is 60.0 Å². The molecule has 1 heterocycles. The molecule has 3 aromatic rings. The van der Waals surface area contributed by atoms with E-state index in [1.54, 1.807) is 30.1 Å². The van der Waals surface area contributed by atoms with E-state index in [9.17, 15) is 0 Å². The summed E-state index contributed by atoms with van der Waals surface area (Å²) < 4.78 is 2.08. The molecule has 2 aromatic carbocycles. The minimum absolute atomic E-state index is 0.168. The molecule has 0 saturated heterocycles. The predicted molar refractivity (Wildman–Crippen MR) is 109 cm³/mol. The number of halogens is 4. The summed E-state index contributed by atoms with van der Waals surface area (Å²) in [7, 11) is 0. The van der Waals surface area contributed by atoms with Crippen molar-refractivity contribution in [3.8, 4) is 0 Å². The Labute approximate surface area is 171 Å². The zero-order valence-electron chi connectivity index (χ0n) is 13.0. The first-order valence-electron chi connectivity index (χ1n) is 7.52. The normalized spacial score (nSPS) is 12.3. The van der Waals surface area contributed by atoms with E-state index in [-0.39, 0.29) is 6.04 Å². The summed E-state index contributed by atoms with van der Waals surface area (Å²) in [5.74, 6) is 0.801. The van der Waals surface area contributed by atoms with Crippen LogP contribution in [0.1, 0.15) is 11.6 Å². The van der Waals surface area contributed by atoms with Crippen molar-refractivity contribution in [2.45, 2.75) is 17.4 Å². The van der Waals surface area contributed by atoms with Gasteiger partial charge in [-0.25, -0.2) is 4.98 Å². The van der Waals surface area contributed by atoms with Crippen LogP contribution < -0.4 is 0 Å². The number of benzene rings is 2. The highest BCUT2D eigenvalue weighted by Crippen LogP contribution is 2.33. The molecule has 1 unspecified atom stereocenters. The van der Waals surface area contributed by atoms with Gasteiger partial charge in [-0.05, 0) is 42.3 Å². The highest BCUT2D eigenvalue weighted by Gasteiger charge is 2.15. The standard InChI is InChI=1S/C18H14Cl4N2S/c19-13-2-1-12(17(22)8-13)7-15(24-6-5-23-11-24)10-25-18-9-14(20)3-4-16(18)21/h1-6,8-9,11,15H,7,10H2. The molecular formula is C18H14Cl4N2S. The van der Waals surface area contributed by atoms with Gasteiger partial charge in [-0.2, -0.15) is 0 Å². The highest BCUT2D eigenvalue weighted by atomic mass is 35.5. The molecule has 0 aliphatic rings. The van der Waals surface area contributed by atoms with Gasteiger partial charge in [0.05, 0.1) is 11.3 Å². The zero-order valence-corrected chi connectivity index (χ0v) is 16.8. The van der Waals surface area contributed by atoms with E-state index in [0.29, 0.717) is 20.1 Å². The first-order valence-corrected chi connectivity index (χ1v) is 10.0. The molecule has 7 heteroatoms. The maximum Gasteiger partial charge on any atom is 0.0948 e. The van der Waals surface area contributed by atoms with Crippen LogP contribution in [0, 0.1) is 0 Å². The van der Waals surface area contributed by atoms with Gasteiger partial charge in [0.2, 0.25) is 0 Å². The maximum atomic E-state index is 6.34. The van der Waals surface area contributed by atoms with Gasteiger partial charge in [-0.1, -0.05) is 52.5 Å². The summed E-state index contributed by atoms with van der Waals surface area (Å²) in [5.41, 5.74) is 1.04. The lowest BCUT2D eigenvalue weighted by atomic mass is 10.1. The molecular weight excluding hydrogens is 418 g/mol. The Balaban J connectivity index is 1.79. The monoisotopic (exact) mass is 430 g/mol. The second-order valence-electron chi connectivity index (χ2n) is 5.49. The van der Waals surface area contributed by atoms with Gasteiger partial charge in [0.15, 0.2) is 0 Å². The molecule has 0 aliphatic carbocycles. The second-order valence-corrected chi connectivity index (χ2v) is 8.24. The number of thioether (sulfide) groups is 1. The number of aromatic nitrogens is 2. The Hall–Kier alpha value is -0.840. The van der Waals surface area contributed by atoms with Gasteiger partial charge < -0.3 is 4.57 Å². The number of nitrogens with zero attached hydrogens (tertiary/aromatic N) is 2. The molecule has 0 saturated carbocycles. The molecule has 1 aromatic heterocycles. The summed E-state index contributed by atoms with van der Waals surface area (Å²) in [6.07, 6.45) is 6.30. The third-order valence-electron chi connectivity index (χ3n) is 3.74. The molecule has 130 valence electrons. The molecule has 2 nitrogen and oxygen atoms in total. The Bertz CT molecular complexity index is 852. The van der Waals surface area contributed by atoms with Crippen LogP contribution in [0.5, 0.6) is 0 Å². The summed E-state index contributed by atoms with van der Waals surface area (Å²) in [6.45, 7) is 0. The van der Waals surface area contributed by atoms with Crippen LogP contribution in [0.2, 0.25) is 20.1 Å². The van der Waals surface area contributed by atoms with Crippen LogP contribution in [-0.4, -0.2) is 15.3 Å². The maximum absolute atomic E-state index is 6.34. The predicted octanol–water partition coefficient (Wildman–Crippen LogP) is 7.07. The summed E-state index contributed by atoms with van der Waals surface area (Å²) in [6, 6.07) is 11.2. The smallest absolute Gasteiger partial charge is 0.0948 e. The quantitative estimate of drug-likeness (QED) is 0.388. The van der Waals surface area contributed by atoms with Gasteiger partial charge >= 0.3 is 0 Å². The van der Waals surface area contributed by atoms with E-state index >= 15 is 0 Å². The fourth-order valence-corrected chi connectivity index (χ4v) is 4.53. The number of imidazole rings is 1. The van der Waals surface area contributed by atoms with Gasteiger partial charge in [-0.3, -0.25) is 0 Å². The minimum atomic E-state index is 0.168. The van der Waals surface area contributed by atoms with Crippen molar-refractivity contribution in [2.24, 2.45) is 0 Å². The van der Waals surface area contributed by atoms with Crippen LogP contribution in [0.25, 0.3) is 0 Å². The highest BCUT2D eigenvalue weighted by molar-refractivity contribution is 7.99. The Kier molecular flexibility index (Phi) is 6.59. The molecule has 0 radical (unpaired) electrons. The molecule has 0 amide bonds. The lowest BCUT2D eigenvalue weighted by Gasteiger charge is -2.19. The fourth-order valence-electron chi connectivity index (χ4n) is 2.45. The molecule has 25 heavy (non-hydrogen) atoms. The summed E-state index contributed by atoms with van der Waals surface area (Å²) in [4.78, 5) is 5.12. The van der Waals surface area contributed by atoms with Gasteiger partial charge in [-0.15, -0.1) is 11.8 Å². The van der Waals surface area contributed by atoms with Crippen molar-refractivity contribution in [3.63, 3.8) is 0 Å². The SMILES string of the molecule is Clc1ccc(CC(CSc2cc(Cl)ccc2Cl)n2ccnc2)c(Cl)c1. The van der Waals surface area contributed by atoms with E-state index in [2.05, 4.69) is 9.55 Å². The van der Waals surface area contributed by atoms with Crippen LogP contribution in [0.3, 0.4) is 0 Å². The molecule has 0 aliphatic heterocycles. The lowest BCUT2D eigenvalue weighted by molar-refractivity contribution is 0.553. The number of rotatable bonds is 6. The summed E-state index contributed by atoms with van der Waals surface area (Å²) >= 11 is 26.4. The average molecular weight is 432 g/mol. The largest absolute Gasteiger partial charge is 0.333 e. The van der Waals surface area contributed by atoms with Crippen molar-refractivity contribution in [3.05, 3.63) is 80.8 Å². The van der Waals surface area contributed by atoms with Crippen molar-refractivity contribution in [1.82, 2.24) is 9.55 Å². The first-order chi connectivity index (χ1) is 12.0. The van der Waals surface area contributed by atoms with Crippen molar-refractivity contribution in [2.75, 3.05) is 5.75 Å². The van der Waals surface area contributed by atoms with E-state index in [0.717, 1.165) is 22.6 Å². The van der Waals surface area contributed by atoms with E-state index < -0.39 is 0 Å². The van der Waals surface area contributed by atoms with E-state index in [4.69, 9.17) is 46.4 Å². The zero-order chi connectivity index (χ0) is 17.8. The van der Waals surface area contributed by atoms with E-state index in [1.165, 1.54) is 0 Å². The fraction of sp³-hybridized carbons (Fsp3) is 0.167. The minimum Gasteiger partial charge on any atom is -0.333 e. The van der Waals surface area contributed by atoms with Gasteiger partial charge in [0.25, 0.3) is 0 Å². The molecule has 3 rings (SSSR count). The van der Waals surface area contributed by atoms with Gasteiger partial charge in [0, 0.05) is 44.2 Å². The Morgan fingerprint density at radius 1 is 0.960 bits per heavy atom. The van der Waals surface area contributed by atoms with E-state index in [1.807, 2.05) is 36.8 Å². The molecule has 0 bridgehead atoms. The number of hydrogen-bond acceptors (Lipinski definition) is 2. The van der Waals surface area contributed by atoms with Crippen molar-refractivity contribution >= 4 is 58.2 Å². The van der Waals surface area contributed by atoms with Crippen LogP contribution in [0.4, 0.5) is 0 Å².